The molecule has 92 valence electrons. The van der Waals surface area contributed by atoms with E-state index in [0.717, 1.165) is 5.39 Å². The Bertz CT molecular complexity index is 672. The Morgan fingerprint density at radius 1 is 1.39 bits per heavy atom. The van der Waals surface area contributed by atoms with E-state index < -0.39 is 11.5 Å². The molecule has 0 unspecified atom stereocenters. The molecule has 0 amide bonds. The van der Waals surface area contributed by atoms with E-state index in [9.17, 15) is 14.4 Å². The zero-order chi connectivity index (χ0) is 13.1. The van der Waals surface area contributed by atoms with Crippen molar-refractivity contribution in [3.05, 3.63) is 46.2 Å². The third-order valence-electron chi connectivity index (χ3n) is 2.67. The average Bonchev–Trinajstić information content (AvgIpc) is 2.41. The highest BCUT2D eigenvalue weighted by atomic mass is 16.5. The minimum Gasteiger partial charge on any atom is -0.468 e. The standard InChI is InChI=1S/C13H11NO4/c1-18-12(16)7-14-11-5-3-2-4-9(11)6-10(8-15)13(14)17/h2-6,8H,7H2,1H3. The summed E-state index contributed by atoms with van der Waals surface area (Å²) in [5.74, 6) is -0.537. The van der Waals surface area contributed by atoms with Crippen molar-refractivity contribution in [2.75, 3.05) is 7.11 Å². The average molecular weight is 245 g/mol. The molecule has 5 nitrogen and oxygen atoms in total. The predicted molar refractivity (Wildman–Crippen MR) is 65.6 cm³/mol. The van der Waals surface area contributed by atoms with E-state index in [-0.39, 0.29) is 12.1 Å². The second-order valence-corrected chi connectivity index (χ2v) is 3.74. The van der Waals surface area contributed by atoms with Crippen molar-refractivity contribution in [1.82, 2.24) is 4.57 Å². The molecule has 0 saturated heterocycles. The first-order valence-electron chi connectivity index (χ1n) is 5.32. The number of carbonyl (C=O) groups excluding carboxylic acids is 2. The van der Waals surface area contributed by atoms with E-state index in [1.54, 1.807) is 24.3 Å². The number of pyridine rings is 1. The number of hydrogen-bond donors (Lipinski definition) is 0. The molecule has 0 spiro atoms. The summed E-state index contributed by atoms with van der Waals surface area (Å²) in [6, 6.07) is 8.56. The number of nitrogens with zero attached hydrogens (tertiary/aromatic N) is 1. The summed E-state index contributed by atoms with van der Waals surface area (Å²) >= 11 is 0. The van der Waals surface area contributed by atoms with Gasteiger partial charge in [-0.1, -0.05) is 18.2 Å². The monoisotopic (exact) mass is 245 g/mol. The van der Waals surface area contributed by atoms with Crippen molar-refractivity contribution in [3.63, 3.8) is 0 Å². The Balaban J connectivity index is 2.74. The summed E-state index contributed by atoms with van der Waals surface area (Å²) in [5, 5.41) is 0.725. The number of aldehydes is 1. The largest absolute Gasteiger partial charge is 0.468 e. The van der Waals surface area contributed by atoms with Gasteiger partial charge in [0, 0.05) is 0 Å². The molecule has 5 heteroatoms. The number of aromatic nitrogens is 1. The number of carbonyl (C=O) groups is 2. The highest BCUT2D eigenvalue weighted by Gasteiger charge is 2.11. The molecule has 2 rings (SSSR count). The number of esters is 1. The lowest BCUT2D eigenvalue weighted by atomic mass is 10.1. The van der Waals surface area contributed by atoms with Crippen LogP contribution in [0, 0.1) is 0 Å². The summed E-state index contributed by atoms with van der Waals surface area (Å²) in [6.07, 6.45) is 0.489. The number of benzene rings is 1. The van der Waals surface area contributed by atoms with Crippen LogP contribution in [0.25, 0.3) is 10.9 Å². The normalized spacial score (nSPS) is 10.3. The molecular weight excluding hydrogens is 234 g/mol. The van der Waals surface area contributed by atoms with Crippen LogP contribution in [-0.2, 0) is 16.1 Å². The molecule has 0 saturated carbocycles. The zero-order valence-electron chi connectivity index (χ0n) is 9.75. The van der Waals surface area contributed by atoms with Crippen molar-refractivity contribution < 1.29 is 14.3 Å². The van der Waals surface area contributed by atoms with Gasteiger partial charge >= 0.3 is 5.97 Å². The van der Waals surface area contributed by atoms with Gasteiger partial charge in [-0.2, -0.15) is 0 Å². The SMILES string of the molecule is COC(=O)Cn1c(=O)c(C=O)cc2ccccc21. The molecule has 0 N–H and O–H groups in total. The number of ether oxygens (including phenoxy) is 1. The zero-order valence-corrected chi connectivity index (χ0v) is 9.75. The molecule has 0 aliphatic rings. The van der Waals surface area contributed by atoms with E-state index in [0.29, 0.717) is 11.8 Å². The fraction of sp³-hybridized carbons (Fsp3) is 0.154. The van der Waals surface area contributed by atoms with Gasteiger partial charge in [0.25, 0.3) is 5.56 Å². The first kappa shape index (κ1) is 12.0. The fourth-order valence-electron chi connectivity index (χ4n) is 1.78. The minimum atomic E-state index is -0.537. The lowest BCUT2D eigenvalue weighted by molar-refractivity contribution is -0.141. The van der Waals surface area contributed by atoms with Crippen LogP contribution in [-0.4, -0.2) is 23.9 Å². The summed E-state index contributed by atoms with van der Waals surface area (Å²) in [4.78, 5) is 34.1. The fourth-order valence-corrected chi connectivity index (χ4v) is 1.78. The summed E-state index contributed by atoms with van der Waals surface area (Å²) in [5.41, 5.74) is 0.130. The van der Waals surface area contributed by atoms with Crippen LogP contribution in [0.4, 0.5) is 0 Å². The maximum absolute atomic E-state index is 12.0. The predicted octanol–water partition coefficient (Wildman–Crippen LogP) is 0.987. The molecule has 1 heterocycles. The van der Waals surface area contributed by atoms with Gasteiger partial charge in [0.2, 0.25) is 0 Å². The molecule has 2 aromatic rings. The first-order chi connectivity index (χ1) is 8.67. The summed E-state index contributed by atoms with van der Waals surface area (Å²) in [7, 11) is 1.25. The van der Waals surface area contributed by atoms with Gasteiger partial charge in [-0.15, -0.1) is 0 Å². The number of fused-ring (bicyclic) bond motifs is 1. The van der Waals surface area contributed by atoms with Crippen LogP contribution < -0.4 is 5.56 Å². The lowest BCUT2D eigenvalue weighted by Gasteiger charge is -2.09. The van der Waals surface area contributed by atoms with Gasteiger partial charge in [0.15, 0.2) is 6.29 Å². The number of para-hydroxylation sites is 1. The molecular formula is C13H11NO4. The summed E-state index contributed by atoms with van der Waals surface area (Å²) < 4.78 is 5.79. The van der Waals surface area contributed by atoms with Crippen LogP contribution >= 0.6 is 0 Å². The molecule has 0 atom stereocenters. The van der Waals surface area contributed by atoms with Crippen molar-refractivity contribution in [2.24, 2.45) is 0 Å². The second kappa shape index (κ2) is 4.83. The van der Waals surface area contributed by atoms with Crippen molar-refractivity contribution in [1.29, 1.82) is 0 Å². The van der Waals surface area contributed by atoms with Gasteiger partial charge in [0.1, 0.15) is 6.54 Å². The Morgan fingerprint density at radius 2 is 2.11 bits per heavy atom. The van der Waals surface area contributed by atoms with E-state index in [4.69, 9.17) is 0 Å². The summed E-state index contributed by atoms with van der Waals surface area (Å²) in [6.45, 7) is -0.211. The smallest absolute Gasteiger partial charge is 0.325 e. The van der Waals surface area contributed by atoms with E-state index in [1.807, 2.05) is 0 Å². The highest BCUT2D eigenvalue weighted by Crippen LogP contribution is 2.12. The van der Waals surface area contributed by atoms with Crippen LogP contribution in [0.15, 0.2) is 35.1 Å². The number of methoxy groups -OCH3 is 1. The quantitative estimate of drug-likeness (QED) is 0.597. The van der Waals surface area contributed by atoms with Gasteiger partial charge in [-0.05, 0) is 17.5 Å². The third-order valence-corrected chi connectivity index (χ3v) is 2.67. The molecule has 1 aromatic carbocycles. The maximum Gasteiger partial charge on any atom is 0.325 e. The first-order valence-corrected chi connectivity index (χ1v) is 5.32. The lowest BCUT2D eigenvalue weighted by Crippen LogP contribution is -2.27. The molecule has 18 heavy (non-hydrogen) atoms. The molecule has 0 aliphatic heterocycles. The molecule has 1 aromatic heterocycles. The maximum atomic E-state index is 12.0. The van der Waals surface area contributed by atoms with Crippen molar-refractivity contribution in [3.8, 4) is 0 Å². The van der Waals surface area contributed by atoms with Crippen molar-refractivity contribution >= 4 is 23.2 Å². The van der Waals surface area contributed by atoms with E-state index >= 15 is 0 Å². The molecule has 0 bridgehead atoms. The van der Waals surface area contributed by atoms with Gasteiger partial charge in [-0.3, -0.25) is 19.0 Å². The third kappa shape index (κ3) is 2.02. The van der Waals surface area contributed by atoms with Crippen molar-refractivity contribution in [2.45, 2.75) is 6.54 Å². The molecule has 0 radical (unpaired) electrons. The van der Waals surface area contributed by atoms with Crippen LogP contribution in [0.2, 0.25) is 0 Å². The van der Waals surface area contributed by atoms with Crippen LogP contribution in [0.1, 0.15) is 10.4 Å². The highest BCUT2D eigenvalue weighted by molar-refractivity contribution is 5.87. The minimum absolute atomic E-state index is 0.0256. The van der Waals surface area contributed by atoms with Crippen LogP contribution in [0.3, 0.4) is 0 Å². The van der Waals surface area contributed by atoms with Gasteiger partial charge in [0.05, 0.1) is 18.2 Å². The number of rotatable bonds is 3. The molecule has 0 aliphatic carbocycles. The van der Waals surface area contributed by atoms with Crippen LogP contribution in [0.5, 0.6) is 0 Å². The Hall–Kier alpha value is -2.43. The Kier molecular flexibility index (Phi) is 3.23. The molecule has 0 fully saturated rings. The van der Waals surface area contributed by atoms with E-state index in [1.165, 1.54) is 17.7 Å². The Labute approximate surface area is 103 Å². The van der Waals surface area contributed by atoms with Gasteiger partial charge in [-0.25, -0.2) is 0 Å². The van der Waals surface area contributed by atoms with Gasteiger partial charge < -0.3 is 4.74 Å². The second-order valence-electron chi connectivity index (χ2n) is 3.74. The number of hydrogen-bond acceptors (Lipinski definition) is 4. The Morgan fingerprint density at radius 3 is 2.78 bits per heavy atom. The topological polar surface area (TPSA) is 65.4 Å². The van der Waals surface area contributed by atoms with E-state index in [2.05, 4.69) is 4.74 Å².